The molecule has 4 rings (SSSR count). The number of amides is 1. The average Bonchev–Trinajstić information content (AvgIpc) is 3.17. The number of methoxy groups -OCH3 is 2. The first-order chi connectivity index (χ1) is 12.0. The van der Waals surface area contributed by atoms with Crippen LogP contribution in [0.5, 0.6) is 5.75 Å². The van der Waals surface area contributed by atoms with Crippen molar-refractivity contribution in [2.24, 2.45) is 0 Å². The molecule has 1 amide bonds. The molecule has 1 saturated carbocycles. The standard InChI is InChI=1S/C19H17BrFNO3/c1-24-13-9-7-12(8-10-13)19(25-2)15-6-4-3-5-14(15)17(23)22(19)16-11-18(16,20)21/h3-10,16H,11H2,1-2H3. The Morgan fingerprint density at radius 1 is 1.16 bits per heavy atom. The van der Waals surface area contributed by atoms with Crippen LogP contribution in [0.3, 0.4) is 0 Å². The molecule has 25 heavy (non-hydrogen) atoms. The molecule has 130 valence electrons. The van der Waals surface area contributed by atoms with Crippen molar-refractivity contribution < 1.29 is 18.7 Å². The lowest BCUT2D eigenvalue weighted by Gasteiger charge is -2.38. The SMILES string of the molecule is COc1ccc(C2(OC)c3ccccc3C(=O)N2C2CC2(F)Br)cc1. The molecular formula is C19H17BrFNO3. The minimum Gasteiger partial charge on any atom is -0.497 e. The first-order valence-corrected chi connectivity index (χ1v) is 8.75. The molecule has 2 aromatic rings. The van der Waals surface area contributed by atoms with Crippen molar-refractivity contribution in [3.8, 4) is 5.75 Å². The van der Waals surface area contributed by atoms with E-state index in [1.54, 1.807) is 26.4 Å². The largest absolute Gasteiger partial charge is 0.497 e. The van der Waals surface area contributed by atoms with Crippen molar-refractivity contribution in [2.45, 2.75) is 22.8 Å². The molecule has 2 aliphatic rings. The highest BCUT2D eigenvalue weighted by molar-refractivity contribution is 9.10. The highest BCUT2D eigenvalue weighted by Gasteiger charge is 2.66. The van der Waals surface area contributed by atoms with E-state index < -0.39 is 16.3 Å². The molecular weight excluding hydrogens is 389 g/mol. The Morgan fingerprint density at radius 3 is 2.36 bits per heavy atom. The van der Waals surface area contributed by atoms with Gasteiger partial charge in [-0.2, -0.15) is 0 Å². The lowest BCUT2D eigenvalue weighted by atomic mass is 9.93. The number of hydrogen-bond acceptors (Lipinski definition) is 3. The van der Waals surface area contributed by atoms with E-state index >= 15 is 0 Å². The maximum absolute atomic E-state index is 14.5. The molecule has 3 atom stereocenters. The van der Waals surface area contributed by atoms with Crippen molar-refractivity contribution in [3.05, 3.63) is 65.2 Å². The van der Waals surface area contributed by atoms with Crippen molar-refractivity contribution in [2.75, 3.05) is 14.2 Å². The van der Waals surface area contributed by atoms with E-state index in [9.17, 15) is 9.18 Å². The van der Waals surface area contributed by atoms with Crippen LogP contribution in [0.2, 0.25) is 0 Å². The zero-order chi connectivity index (χ0) is 17.8. The Labute approximate surface area is 153 Å². The van der Waals surface area contributed by atoms with Gasteiger partial charge in [0.25, 0.3) is 5.91 Å². The van der Waals surface area contributed by atoms with Gasteiger partial charge in [0.15, 0.2) is 10.3 Å². The molecule has 1 fully saturated rings. The Bertz CT molecular complexity index is 839. The zero-order valence-corrected chi connectivity index (χ0v) is 15.4. The fourth-order valence-electron chi connectivity index (χ4n) is 3.65. The Kier molecular flexibility index (Phi) is 3.67. The third-order valence-corrected chi connectivity index (χ3v) is 5.81. The van der Waals surface area contributed by atoms with Crippen LogP contribution in [0.4, 0.5) is 4.39 Å². The summed E-state index contributed by atoms with van der Waals surface area (Å²) in [6.07, 6.45) is 0.230. The Morgan fingerprint density at radius 2 is 1.80 bits per heavy atom. The number of fused-ring (bicyclic) bond motifs is 1. The second-order valence-corrected chi connectivity index (χ2v) is 7.60. The summed E-state index contributed by atoms with van der Waals surface area (Å²) in [6, 6.07) is 14.0. The van der Waals surface area contributed by atoms with Crippen LogP contribution < -0.4 is 4.74 Å². The van der Waals surface area contributed by atoms with Gasteiger partial charge in [-0.15, -0.1) is 0 Å². The van der Waals surface area contributed by atoms with E-state index in [1.165, 1.54) is 4.90 Å². The highest BCUT2D eigenvalue weighted by Crippen LogP contribution is 2.57. The quantitative estimate of drug-likeness (QED) is 0.725. The zero-order valence-electron chi connectivity index (χ0n) is 13.8. The summed E-state index contributed by atoms with van der Waals surface area (Å²) in [4.78, 5) is 14.6. The number of alkyl halides is 2. The molecule has 1 heterocycles. The Hall–Kier alpha value is -1.92. The number of carbonyl (C=O) groups excluding carboxylic acids is 1. The second kappa shape index (κ2) is 5.54. The van der Waals surface area contributed by atoms with Gasteiger partial charge >= 0.3 is 0 Å². The fraction of sp³-hybridized carbons (Fsp3) is 0.316. The Balaban J connectivity index is 1.93. The predicted molar refractivity (Wildman–Crippen MR) is 94.6 cm³/mol. The molecule has 0 N–H and O–H groups in total. The topological polar surface area (TPSA) is 38.8 Å². The summed E-state index contributed by atoms with van der Waals surface area (Å²) >= 11 is 3.08. The van der Waals surface area contributed by atoms with E-state index in [-0.39, 0.29) is 12.3 Å². The molecule has 3 unspecified atom stereocenters. The number of ether oxygens (including phenoxy) is 2. The number of halogens is 2. The summed E-state index contributed by atoms with van der Waals surface area (Å²) in [5, 5.41) is 0. The predicted octanol–water partition coefficient (Wildman–Crippen LogP) is 3.83. The maximum atomic E-state index is 14.5. The number of nitrogens with zero attached hydrogens (tertiary/aromatic N) is 1. The molecule has 0 spiro atoms. The first-order valence-electron chi connectivity index (χ1n) is 7.96. The van der Waals surface area contributed by atoms with Gasteiger partial charge in [-0.25, -0.2) is 4.39 Å². The molecule has 0 bridgehead atoms. The maximum Gasteiger partial charge on any atom is 0.257 e. The number of rotatable bonds is 4. The van der Waals surface area contributed by atoms with E-state index in [1.807, 2.05) is 36.4 Å². The summed E-state index contributed by atoms with van der Waals surface area (Å²) < 4.78 is 24.0. The fourth-order valence-corrected chi connectivity index (χ4v) is 4.16. The van der Waals surface area contributed by atoms with E-state index in [0.29, 0.717) is 11.3 Å². The van der Waals surface area contributed by atoms with E-state index in [0.717, 1.165) is 11.1 Å². The molecule has 1 aliphatic heterocycles. The van der Waals surface area contributed by atoms with Gasteiger partial charge in [0.1, 0.15) is 5.75 Å². The van der Waals surface area contributed by atoms with Gasteiger partial charge in [-0.3, -0.25) is 9.69 Å². The normalized spacial score (nSPS) is 30.3. The second-order valence-electron chi connectivity index (χ2n) is 6.28. The molecule has 4 nitrogen and oxygen atoms in total. The van der Waals surface area contributed by atoms with Gasteiger partial charge in [0.2, 0.25) is 0 Å². The number of benzene rings is 2. The van der Waals surface area contributed by atoms with Crippen LogP contribution in [0, 0.1) is 0 Å². The molecule has 1 aliphatic carbocycles. The molecule has 0 saturated heterocycles. The third-order valence-electron chi connectivity index (χ3n) is 4.96. The van der Waals surface area contributed by atoms with Crippen LogP contribution in [0.15, 0.2) is 48.5 Å². The van der Waals surface area contributed by atoms with Gasteiger partial charge in [0.05, 0.1) is 13.2 Å². The highest BCUT2D eigenvalue weighted by atomic mass is 79.9. The minimum absolute atomic E-state index is 0.225. The van der Waals surface area contributed by atoms with Crippen LogP contribution in [0.1, 0.15) is 27.9 Å². The van der Waals surface area contributed by atoms with Crippen LogP contribution in [0.25, 0.3) is 0 Å². The van der Waals surface area contributed by atoms with Gasteiger partial charge < -0.3 is 9.47 Å². The van der Waals surface area contributed by atoms with Crippen LogP contribution >= 0.6 is 15.9 Å². The van der Waals surface area contributed by atoms with Gasteiger partial charge in [-0.05, 0) is 34.1 Å². The molecule has 0 radical (unpaired) electrons. The number of hydrogen-bond donors (Lipinski definition) is 0. The third kappa shape index (κ3) is 2.24. The molecule has 2 aromatic carbocycles. The summed E-state index contributed by atoms with van der Waals surface area (Å²) in [7, 11) is 3.14. The number of carbonyl (C=O) groups is 1. The van der Waals surface area contributed by atoms with Gasteiger partial charge in [0, 0.05) is 30.2 Å². The van der Waals surface area contributed by atoms with Crippen LogP contribution in [-0.4, -0.2) is 35.6 Å². The summed E-state index contributed by atoms with van der Waals surface area (Å²) in [5.41, 5.74) is 0.856. The van der Waals surface area contributed by atoms with Crippen molar-refractivity contribution in [3.63, 3.8) is 0 Å². The smallest absolute Gasteiger partial charge is 0.257 e. The van der Waals surface area contributed by atoms with E-state index in [4.69, 9.17) is 9.47 Å². The molecule has 6 heteroatoms. The van der Waals surface area contributed by atoms with Crippen molar-refractivity contribution in [1.82, 2.24) is 4.90 Å². The summed E-state index contributed by atoms with van der Waals surface area (Å²) in [6.45, 7) is 0. The lowest BCUT2D eigenvalue weighted by molar-refractivity contribution is -0.0892. The first kappa shape index (κ1) is 16.5. The van der Waals surface area contributed by atoms with E-state index in [2.05, 4.69) is 15.9 Å². The average molecular weight is 406 g/mol. The monoisotopic (exact) mass is 405 g/mol. The van der Waals surface area contributed by atoms with Crippen molar-refractivity contribution in [1.29, 1.82) is 0 Å². The van der Waals surface area contributed by atoms with Gasteiger partial charge in [-0.1, -0.05) is 30.3 Å². The molecule has 0 aromatic heterocycles. The minimum atomic E-state index is -1.58. The summed E-state index contributed by atoms with van der Waals surface area (Å²) in [5.74, 6) is 0.475. The van der Waals surface area contributed by atoms with Crippen LogP contribution in [-0.2, 0) is 10.5 Å². The van der Waals surface area contributed by atoms with Crippen molar-refractivity contribution >= 4 is 21.8 Å². The lowest BCUT2D eigenvalue weighted by Crippen LogP contribution is -2.48.